The predicted molar refractivity (Wildman–Crippen MR) is 73.8 cm³/mol. The zero-order valence-corrected chi connectivity index (χ0v) is 10.4. The molecule has 3 aromatic rings. The second kappa shape index (κ2) is 5.10. The summed E-state index contributed by atoms with van der Waals surface area (Å²) in [5, 5.41) is 3.37. The number of nitrogens with one attached hydrogen (secondary N) is 1. The SMILES string of the molecule is Fc1ccc(CCNc2cccc3nccn23)cc1. The van der Waals surface area contributed by atoms with Crippen LogP contribution in [0.3, 0.4) is 0 Å². The van der Waals surface area contributed by atoms with E-state index in [-0.39, 0.29) is 5.82 Å². The zero-order valence-electron chi connectivity index (χ0n) is 10.4. The third kappa shape index (κ3) is 2.57. The van der Waals surface area contributed by atoms with Crippen LogP contribution in [0.1, 0.15) is 5.56 Å². The van der Waals surface area contributed by atoms with Crippen molar-refractivity contribution >= 4 is 11.5 Å². The van der Waals surface area contributed by atoms with Gasteiger partial charge in [-0.05, 0) is 36.2 Å². The number of halogens is 1. The number of imidazole rings is 1. The Kier molecular flexibility index (Phi) is 3.14. The summed E-state index contributed by atoms with van der Waals surface area (Å²) in [6.45, 7) is 0.795. The number of hydrogen-bond donors (Lipinski definition) is 1. The van der Waals surface area contributed by atoms with Crippen LogP contribution in [0.25, 0.3) is 5.65 Å². The molecule has 0 atom stereocenters. The second-order valence-electron chi connectivity index (χ2n) is 4.37. The van der Waals surface area contributed by atoms with Crippen LogP contribution in [-0.2, 0) is 6.42 Å². The molecule has 3 rings (SSSR count). The lowest BCUT2D eigenvalue weighted by molar-refractivity contribution is 0.627. The fourth-order valence-corrected chi connectivity index (χ4v) is 2.08. The van der Waals surface area contributed by atoms with E-state index in [0.717, 1.165) is 30.0 Å². The monoisotopic (exact) mass is 255 g/mol. The van der Waals surface area contributed by atoms with Crippen molar-refractivity contribution in [1.82, 2.24) is 9.38 Å². The van der Waals surface area contributed by atoms with Gasteiger partial charge in [-0.15, -0.1) is 0 Å². The third-order valence-corrected chi connectivity index (χ3v) is 3.06. The van der Waals surface area contributed by atoms with Crippen LogP contribution < -0.4 is 5.32 Å². The number of fused-ring (bicyclic) bond motifs is 1. The first-order valence-corrected chi connectivity index (χ1v) is 6.23. The van der Waals surface area contributed by atoms with Gasteiger partial charge in [-0.25, -0.2) is 9.37 Å². The molecule has 0 aliphatic heterocycles. The Labute approximate surface area is 110 Å². The average Bonchev–Trinajstić information content (AvgIpc) is 2.90. The quantitative estimate of drug-likeness (QED) is 0.776. The van der Waals surface area contributed by atoms with Crippen LogP contribution in [0, 0.1) is 5.82 Å². The van der Waals surface area contributed by atoms with E-state index in [0.29, 0.717) is 0 Å². The molecule has 0 spiro atoms. The summed E-state index contributed by atoms with van der Waals surface area (Å²) in [6, 6.07) is 12.6. The molecule has 0 amide bonds. The minimum absolute atomic E-state index is 0.195. The maximum absolute atomic E-state index is 12.8. The number of nitrogens with zero attached hydrogens (tertiary/aromatic N) is 2. The molecule has 1 N–H and O–H groups in total. The third-order valence-electron chi connectivity index (χ3n) is 3.06. The average molecular weight is 255 g/mol. The molecular formula is C15H14FN3. The first kappa shape index (κ1) is 11.7. The number of pyridine rings is 1. The highest BCUT2D eigenvalue weighted by atomic mass is 19.1. The highest BCUT2D eigenvalue weighted by Gasteiger charge is 2.00. The molecule has 96 valence electrons. The second-order valence-corrected chi connectivity index (χ2v) is 4.37. The van der Waals surface area contributed by atoms with Gasteiger partial charge in [-0.2, -0.15) is 0 Å². The Bertz CT molecular complexity index is 673. The van der Waals surface area contributed by atoms with Gasteiger partial charge in [0.2, 0.25) is 0 Å². The maximum atomic E-state index is 12.8. The van der Waals surface area contributed by atoms with Gasteiger partial charge in [-0.3, -0.25) is 4.40 Å². The van der Waals surface area contributed by atoms with E-state index >= 15 is 0 Å². The van der Waals surface area contributed by atoms with E-state index in [1.54, 1.807) is 6.20 Å². The lowest BCUT2D eigenvalue weighted by Crippen LogP contribution is -2.07. The Morgan fingerprint density at radius 3 is 2.79 bits per heavy atom. The van der Waals surface area contributed by atoms with Crippen molar-refractivity contribution < 1.29 is 4.39 Å². The van der Waals surface area contributed by atoms with E-state index in [1.165, 1.54) is 12.1 Å². The molecule has 4 heteroatoms. The van der Waals surface area contributed by atoms with Crippen molar-refractivity contribution in [3.05, 3.63) is 66.2 Å². The molecular weight excluding hydrogens is 241 g/mol. The number of benzene rings is 1. The van der Waals surface area contributed by atoms with Gasteiger partial charge in [0.15, 0.2) is 0 Å². The molecule has 2 aromatic heterocycles. The topological polar surface area (TPSA) is 29.3 Å². The van der Waals surface area contributed by atoms with Gasteiger partial charge in [0.1, 0.15) is 17.3 Å². The Morgan fingerprint density at radius 2 is 1.95 bits per heavy atom. The maximum Gasteiger partial charge on any atom is 0.138 e. The van der Waals surface area contributed by atoms with Crippen LogP contribution in [0.15, 0.2) is 54.9 Å². The van der Waals surface area contributed by atoms with Gasteiger partial charge in [0.25, 0.3) is 0 Å². The molecule has 0 unspecified atom stereocenters. The zero-order chi connectivity index (χ0) is 13.1. The highest BCUT2D eigenvalue weighted by Crippen LogP contribution is 2.11. The number of rotatable bonds is 4. The Hall–Kier alpha value is -2.36. The first-order valence-electron chi connectivity index (χ1n) is 6.23. The Balaban J connectivity index is 1.66. The molecule has 0 radical (unpaired) electrons. The smallest absolute Gasteiger partial charge is 0.138 e. The highest BCUT2D eigenvalue weighted by molar-refractivity contribution is 5.49. The summed E-state index contributed by atoms with van der Waals surface area (Å²) in [5.74, 6) is 0.817. The van der Waals surface area contributed by atoms with Crippen LogP contribution >= 0.6 is 0 Å². The molecule has 0 aliphatic rings. The van der Waals surface area contributed by atoms with Gasteiger partial charge in [0, 0.05) is 18.9 Å². The van der Waals surface area contributed by atoms with E-state index in [1.807, 2.05) is 40.9 Å². The molecule has 0 saturated heterocycles. The van der Waals surface area contributed by atoms with Crippen LogP contribution in [0.2, 0.25) is 0 Å². The molecule has 3 nitrogen and oxygen atoms in total. The van der Waals surface area contributed by atoms with E-state index in [9.17, 15) is 4.39 Å². The van der Waals surface area contributed by atoms with Gasteiger partial charge >= 0.3 is 0 Å². The predicted octanol–water partition coefficient (Wildman–Crippen LogP) is 3.13. The van der Waals surface area contributed by atoms with Crippen molar-refractivity contribution in [1.29, 1.82) is 0 Å². The Morgan fingerprint density at radius 1 is 1.11 bits per heavy atom. The van der Waals surface area contributed by atoms with E-state index < -0.39 is 0 Å². The summed E-state index contributed by atoms with van der Waals surface area (Å²) in [5.41, 5.74) is 2.04. The number of hydrogen-bond acceptors (Lipinski definition) is 2. The molecule has 0 saturated carbocycles. The van der Waals surface area contributed by atoms with Gasteiger partial charge in [0.05, 0.1) is 0 Å². The minimum atomic E-state index is -0.195. The molecule has 0 bridgehead atoms. The van der Waals surface area contributed by atoms with Crippen molar-refractivity contribution in [3.63, 3.8) is 0 Å². The summed E-state index contributed by atoms with van der Waals surface area (Å²) >= 11 is 0. The van der Waals surface area contributed by atoms with E-state index in [2.05, 4.69) is 10.3 Å². The number of aromatic nitrogens is 2. The summed E-state index contributed by atoms with van der Waals surface area (Å²) in [4.78, 5) is 4.24. The summed E-state index contributed by atoms with van der Waals surface area (Å²) in [7, 11) is 0. The number of anilines is 1. The first-order chi connectivity index (χ1) is 9.33. The van der Waals surface area contributed by atoms with Crippen LogP contribution in [-0.4, -0.2) is 15.9 Å². The summed E-state index contributed by atoms with van der Waals surface area (Å²) < 4.78 is 14.8. The van der Waals surface area contributed by atoms with Crippen molar-refractivity contribution in [2.45, 2.75) is 6.42 Å². The summed E-state index contributed by atoms with van der Waals surface area (Å²) in [6.07, 6.45) is 4.56. The molecule has 0 fully saturated rings. The molecule has 0 aliphatic carbocycles. The van der Waals surface area contributed by atoms with Crippen molar-refractivity contribution in [2.24, 2.45) is 0 Å². The van der Waals surface area contributed by atoms with E-state index in [4.69, 9.17) is 0 Å². The molecule has 19 heavy (non-hydrogen) atoms. The largest absolute Gasteiger partial charge is 0.371 e. The van der Waals surface area contributed by atoms with Crippen LogP contribution in [0.5, 0.6) is 0 Å². The molecule has 1 aromatic carbocycles. The van der Waals surface area contributed by atoms with Crippen LogP contribution in [0.4, 0.5) is 10.2 Å². The normalized spacial score (nSPS) is 10.8. The lowest BCUT2D eigenvalue weighted by Gasteiger charge is -2.08. The fraction of sp³-hybridized carbons (Fsp3) is 0.133. The van der Waals surface area contributed by atoms with Gasteiger partial charge < -0.3 is 5.32 Å². The fourth-order valence-electron chi connectivity index (χ4n) is 2.08. The minimum Gasteiger partial charge on any atom is -0.371 e. The molecule has 2 heterocycles. The lowest BCUT2D eigenvalue weighted by atomic mass is 10.1. The van der Waals surface area contributed by atoms with Gasteiger partial charge in [-0.1, -0.05) is 18.2 Å². The standard InChI is InChI=1S/C15H14FN3/c16-13-6-4-12(5-7-13)8-9-17-14-2-1-3-15-18-10-11-19(14)15/h1-7,10-11,17H,8-9H2. The van der Waals surface area contributed by atoms with Crippen molar-refractivity contribution in [3.8, 4) is 0 Å². The van der Waals surface area contributed by atoms with Crippen molar-refractivity contribution in [2.75, 3.05) is 11.9 Å².